The van der Waals surface area contributed by atoms with Crippen LogP contribution in [-0.2, 0) is 17.7 Å². The Morgan fingerprint density at radius 2 is 2.32 bits per heavy atom. The van der Waals surface area contributed by atoms with Crippen LogP contribution >= 0.6 is 0 Å². The molecule has 0 spiro atoms. The van der Waals surface area contributed by atoms with E-state index in [-0.39, 0.29) is 0 Å². The van der Waals surface area contributed by atoms with Gasteiger partial charge in [-0.25, -0.2) is 0 Å². The highest BCUT2D eigenvalue weighted by Gasteiger charge is 2.24. The molecule has 1 atom stereocenters. The zero-order chi connectivity index (χ0) is 13.2. The number of ether oxygens (including phenoxy) is 1. The summed E-state index contributed by atoms with van der Waals surface area (Å²) >= 11 is 0. The van der Waals surface area contributed by atoms with E-state index in [4.69, 9.17) is 4.74 Å². The van der Waals surface area contributed by atoms with Crippen molar-refractivity contribution in [3.05, 3.63) is 29.3 Å². The van der Waals surface area contributed by atoms with Gasteiger partial charge in [0.1, 0.15) is 0 Å². The van der Waals surface area contributed by atoms with Gasteiger partial charge in [0.2, 0.25) is 0 Å². The van der Waals surface area contributed by atoms with Gasteiger partial charge in [-0.15, -0.1) is 0 Å². The summed E-state index contributed by atoms with van der Waals surface area (Å²) in [5.74, 6) is 0.599. The Morgan fingerprint density at radius 3 is 3.16 bits per heavy atom. The lowest BCUT2D eigenvalue weighted by Crippen LogP contribution is -2.44. The van der Waals surface area contributed by atoms with Crippen LogP contribution in [0.25, 0.3) is 0 Å². The molecular weight excluding hydrogens is 236 g/mol. The van der Waals surface area contributed by atoms with E-state index in [2.05, 4.69) is 42.3 Å². The molecule has 3 heteroatoms. The van der Waals surface area contributed by atoms with Crippen LogP contribution in [0, 0.1) is 5.92 Å². The van der Waals surface area contributed by atoms with Gasteiger partial charge in [0.05, 0.1) is 12.7 Å². The predicted molar refractivity (Wildman–Crippen MR) is 78.5 cm³/mol. The number of fused-ring (bicyclic) bond motifs is 1. The number of nitrogens with one attached hydrogen (secondary N) is 1. The van der Waals surface area contributed by atoms with E-state index < -0.39 is 0 Å². The highest BCUT2D eigenvalue weighted by molar-refractivity contribution is 5.61. The minimum atomic E-state index is 0.387. The van der Waals surface area contributed by atoms with Crippen LogP contribution in [0.5, 0.6) is 0 Å². The molecule has 0 radical (unpaired) electrons. The van der Waals surface area contributed by atoms with Crippen molar-refractivity contribution in [1.82, 2.24) is 4.90 Å². The summed E-state index contributed by atoms with van der Waals surface area (Å²) in [6.07, 6.45) is 1.56. The van der Waals surface area contributed by atoms with Crippen LogP contribution in [0.3, 0.4) is 0 Å². The minimum absolute atomic E-state index is 0.387. The first kappa shape index (κ1) is 12.9. The van der Waals surface area contributed by atoms with Crippen LogP contribution < -0.4 is 5.32 Å². The topological polar surface area (TPSA) is 24.5 Å². The van der Waals surface area contributed by atoms with Gasteiger partial charge in [0.15, 0.2) is 0 Å². The average molecular weight is 260 g/mol. The van der Waals surface area contributed by atoms with Gasteiger partial charge in [-0.05, 0) is 23.5 Å². The molecule has 0 aliphatic carbocycles. The first-order valence-corrected chi connectivity index (χ1v) is 7.42. The molecule has 0 bridgehead atoms. The molecule has 2 aliphatic heterocycles. The van der Waals surface area contributed by atoms with Crippen LogP contribution in [0.15, 0.2) is 18.2 Å². The fraction of sp³-hybridized carbons (Fsp3) is 0.625. The van der Waals surface area contributed by atoms with Crippen molar-refractivity contribution in [2.24, 2.45) is 5.92 Å². The Kier molecular flexibility index (Phi) is 3.76. The maximum atomic E-state index is 5.84. The van der Waals surface area contributed by atoms with Crippen molar-refractivity contribution in [1.29, 1.82) is 0 Å². The van der Waals surface area contributed by atoms with E-state index in [1.807, 2.05) is 0 Å². The number of benzene rings is 1. The number of rotatable bonds is 3. The van der Waals surface area contributed by atoms with Crippen molar-refractivity contribution >= 4 is 5.69 Å². The standard InChI is InChI=1S/C16H24N2O/c1-12(2)15-11-18(8-9-19-15)10-14-5-3-4-13-6-7-17-16(13)14/h3-5,12,15,17H,6-11H2,1-2H3. The maximum absolute atomic E-state index is 5.84. The third kappa shape index (κ3) is 2.77. The third-order valence-corrected chi connectivity index (χ3v) is 4.25. The first-order chi connectivity index (χ1) is 9.24. The predicted octanol–water partition coefficient (Wildman–Crippen LogP) is 2.51. The molecular formula is C16H24N2O. The highest BCUT2D eigenvalue weighted by atomic mass is 16.5. The molecule has 19 heavy (non-hydrogen) atoms. The van der Waals surface area contributed by atoms with Crippen LogP contribution in [0.4, 0.5) is 5.69 Å². The number of anilines is 1. The summed E-state index contributed by atoms with van der Waals surface area (Å²) in [5.41, 5.74) is 4.31. The molecule has 104 valence electrons. The quantitative estimate of drug-likeness (QED) is 0.904. The number of hydrogen-bond acceptors (Lipinski definition) is 3. The molecule has 3 rings (SSSR count). The third-order valence-electron chi connectivity index (χ3n) is 4.25. The second-order valence-electron chi connectivity index (χ2n) is 6.02. The van der Waals surface area contributed by atoms with E-state index in [0.717, 1.165) is 32.8 Å². The highest BCUT2D eigenvalue weighted by Crippen LogP contribution is 2.28. The largest absolute Gasteiger partial charge is 0.384 e. The molecule has 1 unspecified atom stereocenters. The maximum Gasteiger partial charge on any atom is 0.0725 e. The van der Waals surface area contributed by atoms with Gasteiger partial charge < -0.3 is 10.1 Å². The molecule has 1 saturated heterocycles. The number of hydrogen-bond donors (Lipinski definition) is 1. The van der Waals surface area contributed by atoms with Gasteiger partial charge in [-0.3, -0.25) is 4.90 Å². The lowest BCUT2D eigenvalue weighted by molar-refractivity contribution is -0.0529. The van der Waals surface area contributed by atoms with E-state index in [1.54, 1.807) is 0 Å². The summed E-state index contributed by atoms with van der Waals surface area (Å²) in [6, 6.07) is 6.70. The van der Waals surface area contributed by atoms with Crippen LogP contribution in [0.2, 0.25) is 0 Å². The zero-order valence-corrected chi connectivity index (χ0v) is 12.0. The lowest BCUT2D eigenvalue weighted by atomic mass is 10.0. The zero-order valence-electron chi connectivity index (χ0n) is 12.0. The van der Waals surface area contributed by atoms with E-state index >= 15 is 0 Å². The summed E-state index contributed by atoms with van der Waals surface area (Å²) < 4.78 is 5.84. The fourth-order valence-corrected chi connectivity index (χ4v) is 3.06. The lowest BCUT2D eigenvalue weighted by Gasteiger charge is -2.35. The van der Waals surface area contributed by atoms with E-state index in [1.165, 1.54) is 23.2 Å². The van der Waals surface area contributed by atoms with Gasteiger partial charge >= 0.3 is 0 Å². The molecule has 0 aromatic heterocycles. The molecule has 3 nitrogen and oxygen atoms in total. The molecule has 1 aromatic carbocycles. The van der Waals surface area contributed by atoms with Crippen molar-refractivity contribution in [3.8, 4) is 0 Å². The second-order valence-corrected chi connectivity index (χ2v) is 6.02. The Labute approximate surface area is 115 Å². The van der Waals surface area contributed by atoms with Gasteiger partial charge in [-0.1, -0.05) is 32.0 Å². The van der Waals surface area contributed by atoms with Gasteiger partial charge in [0, 0.05) is 31.9 Å². The SMILES string of the molecule is CC(C)C1CN(Cc2cccc3c2NCC3)CCO1. The number of nitrogens with zero attached hydrogens (tertiary/aromatic N) is 1. The van der Waals surface area contributed by atoms with Crippen molar-refractivity contribution < 1.29 is 4.74 Å². The minimum Gasteiger partial charge on any atom is -0.384 e. The summed E-state index contributed by atoms with van der Waals surface area (Å²) in [5, 5.41) is 3.53. The summed E-state index contributed by atoms with van der Waals surface area (Å²) in [4.78, 5) is 2.53. The molecule has 1 N–H and O–H groups in total. The van der Waals surface area contributed by atoms with Crippen LogP contribution in [-0.4, -0.2) is 37.2 Å². The Hall–Kier alpha value is -1.06. The Bertz CT molecular complexity index is 444. The summed E-state index contributed by atoms with van der Waals surface area (Å²) in [6.45, 7) is 9.60. The number of para-hydroxylation sites is 1. The molecule has 0 amide bonds. The van der Waals surface area contributed by atoms with Crippen LogP contribution in [0.1, 0.15) is 25.0 Å². The smallest absolute Gasteiger partial charge is 0.0725 e. The molecule has 2 heterocycles. The van der Waals surface area contributed by atoms with E-state index in [9.17, 15) is 0 Å². The molecule has 2 aliphatic rings. The molecule has 0 saturated carbocycles. The summed E-state index contributed by atoms with van der Waals surface area (Å²) in [7, 11) is 0. The van der Waals surface area contributed by atoms with Crippen molar-refractivity contribution in [2.75, 3.05) is 31.6 Å². The monoisotopic (exact) mass is 260 g/mol. The van der Waals surface area contributed by atoms with Crippen molar-refractivity contribution in [2.45, 2.75) is 32.9 Å². The van der Waals surface area contributed by atoms with Gasteiger partial charge in [-0.2, -0.15) is 0 Å². The van der Waals surface area contributed by atoms with Crippen molar-refractivity contribution in [3.63, 3.8) is 0 Å². The van der Waals surface area contributed by atoms with E-state index in [0.29, 0.717) is 12.0 Å². The Balaban J connectivity index is 1.70. The first-order valence-electron chi connectivity index (χ1n) is 7.42. The Morgan fingerprint density at radius 1 is 1.42 bits per heavy atom. The second kappa shape index (κ2) is 5.51. The normalized spacial score (nSPS) is 23.4. The fourth-order valence-electron chi connectivity index (χ4n) is 3.06. The molecule has 1 fully saturated rings. The number of morpholine rings is 1. The molecule has 1 aromatic rings. The average Bonchev–Trinajstić information content (AvgIpc) is 2.88. The van der Waals surface area contributed by atoms with Gasteiger partial charge in [0.25, 0.3) is 0 Å².